The van der Waals surface area contributed by atoms with E-state index in [0.717, 1.165) is 19.3 Å². The van der Waals surface area contributed by atoms with Gasteiger partial charge in [-0.25, -0.2) is 0 Å². The summed E-state index contributed by atoms with van der Waals surface area (Å²) < 4.78 is 10.5. The van der Waals surface area contributed by atoms with Crippen molar-refractivity contribution in [1.82, 2.24) is 0 Å². The first-order chi connectivity index (χ1) is 12.4. The van der Waals surface area contributed by atoms with Gasteiger partial charge >= 0.3 is 11.9 Å². The number of hydrogen-bond acceptors (Lipinski definition) is 5. The van der Waals surface area contributed by atoms with E-state index in [1.807, 2.05) is 13.0 Å². The first kappa shape index (κ1) is 17.7. The molecule has 0 unspecified atom stereocenters. The van der Waals surface area contributed by atoms with Crippen LogP contribution in [0.15, 0.2) is 12.2 Å². The first-order valence-electron chi connectivity index (χ1n) is 9.79. The Balaban J connectivity index is 1.91. The van der Waals surface area contributed by atoms with Crippen LogP contribution in [0.1, 0.15) is 45.4 Å². The molecule has 7 atom stereocenters. The zero-order valence-electron chi connectivity index (χ0n) is 15.8. The van der Waals surface area contributed by atoms with E-state index in [0.29, 0.717) is 19.3 Å². The Bertz CT molecular complexity index is 682. The van der Waals surface area contributed by atoms with Crippen LogP contribution in [0.4, 0.5) is 0 Å². The van der Waals surface area contributed by atoms with Crippen LogP contribution in [0.3, 0.4) is 0 Å². The van der Waals surface area contributed by atoms with Crippen molar-refractivity contribution >= 4 is 17.7 Å². The highest BCUT2D eigenvalue weighted by atomic mass is 16.5. The average Bonchev–Trinajstić information content (AvgIpc) is 2.94. The molecule has 26 heavy (non-hydrogen) atoms. The first-order valence-corrected chi connectivity index (χ1v) is 9.79. The summed E-state index contributed by atoms with van der Waals surface area (Å²) in [6.45, 7) is 2.01. The molecule has 142 valence electrons. The molecule has 4 aliphatic rings. The van der Waals surface area contributed by atoms with Gasteiger partial charge in [-0.2, -0.15) is 0 Å². The summed E-state index contributed by atoms with van der Waals surface area (Å²) in [5.74, 6) is -0.181. The number of hydrogen-bond donors (Lipinski definition) is 0. The van der Waals surface area contributed by atoms with Crippen molar-refractivity contribution in [3.63, 3.8) is 0 Å². The van der Waals surface area contributed by atoms with Gasteiger partial charge in [-0.15, -0.1) is 0 Å². The quantitative estimate of drug-likeness (QED) is 0.559. The normalized spacial score (nSPS) is 46.3. The van der Waals surface area contributed by atoms with Crippen LogP contribution in [0.5, 0.6) is 0 Å². The number of carbonyl (C=O) groups is 3. The molecule has 0 heterocycles. The molecule has 0 spiro atoms. The fourth-order valence-corrected chi connectivity index (χ4v) is 7.09. The lowest BCUT2D eigenvalue weighted by Gasteiger charge is -2.56. The van der Waals surface area contributed by atoms with E-state index >= 15 is 0 Å². The molecule has 3 saturated carbocycles. The minimum absolute atomic E-state index is 0.0155. The van der Waals surface area contributed by atoms with Crippen LogP contribution in [0.2, 0.25) is 0 Å². The van der Waals surface area contributed by atoms with E-state index in [9.17, 15) is 14.4 Å². The zero-order chi connectivity index (χ0) is 18.7. The third-order valence-corrected chi connectivity index (χ3v) is 8.08. The maximum Gasteiger partial charge on any atom is 0.315 e. The van der Waals surface area contributed by atoms with E-state index in [-0.39, 0.29) is 47.3 Å². The number of Topliss-reactive ketones (excluding diaryl/α,β-unsaturated/α-hetero) is 1. The predicted molar refractivity (Wildman–Crippen MR) is 93.9 cm³/mol. The van der Waals surface area contributed by atoms with Gasteiger partial charge in [0.05, 0.1) is 25.0 Å². The fraction of sp³-hybridized carbons (Fsp3) is 0.762. The van der Waals surface area contributed by atoms with Gasteiger partial charge in [-0.3, -0.25) is 14.4 Å². The van der Waals surface area contributed by atoms with Crippen molar-refractivity contribution in [3.05, 3.63) is 12.2 Å². The molecule has 0 bridgehead atoms. The number of carbonyl (C=O) groups excluding carboxylic acids is 3. The Morgan fingerprint density at radius 2 is 1.85 bits per heavy atom. The molecule has 0 radical (unpaired) electrons. The summed E-state index contributed by atoms with van der Waals surface area (Å²) in [6, 6.07) is 0. The summed E-state index contributed by atoms with van der Waals surface area (Å²) in [5.41, 5.74) is -1.35. The summed E-state index contributed by atoms with van der Waals surface area (Å²) in [4.78, 5) is 38.9. The van der Waals surface area contributed by atoms with E-state index in [4.69, 9.17) is 9.47 Å². The highest BCUT2D eigenvalue weighted by Crippen LogP contribution is 2.69. The minimum atomic E-state index is -0.704. The molecule has 4 aliphatic carbocycles. The highest BCUT2D eigenvalue weighted by molar-refractivity contribution is 5.90. The number of ketones is 1. The second-order valence-electron chi connectivity index (χ2n) is 8.77. The number of allylic oxidation sites excluding steroid dienone is 1. The third kappa shape index (κ3) is 2.00. The number of esters is 2. The topological polar surface area (TPSA) is 69.7 Å². The lowest BCUT2D eigenvalue weighted by molar-refractivity contribution is -0.188. The smallest absolute Gasteiger partial charge is 0.315 e. The van der Waals surface area contributed by atoms with Gasteiger partial charge in [0, 0.05) is 12.3 Å². The maximum atomic E-state index is 13.0. The van der Waals surface area contributed by atoms with Gasteiger partial charge in [-0.1, -0.05) is 19.1 Å². The van der Waals surface area contributed by atoms with Crippen molar-refractivity contribution in [3.8, 4) is 0 Å². The van der Waals surface area contributed by atoms with Crippen molar-refractivity contribution in [2.75, 3.05) is 14.2 Å². The Kier molecular flexibility index (Phi) is 4.05. The predicted octanol–water partition coefficient (Wildman–Crippen LogP) is 2.93. The van der Waals surface area contributed by atoms with Crippen LogP contribution >= 0.6 is 0 Å². The second-order valence-corrected chi connectivity index (χ2v) is 8.77. The molecule has 0 saturated heterocycles. The fourth-order valence-electron chi connectivity index (χ4n) is 7.09. The lowest BCUT2D eigenvalue weighted by Crippen LogP contribution is -2.61. The lowest BCUT2D eigenvalue weighted by atomic mass is 9.45. The second kappa shape index (κ2) is 5.93. The average molecular weight is 360 g/mol. The van der Waals surface area contributed by atoms with E-state index in [1.54, 1.807) is 0 Å². The Labute approximate surface area is 154 Å². The third-order valence-electron chi connectivity index (χ3n) is 8.08. The van der Waals surface area contributed by atoms with Crippen LogP contribution in [-0.4, -0.2) is 31.9 Å². The summed E-state index contributed by atoms with van der Waals surface area (Å²) in [5, 5.41) is 0. The molecular weight excluding hydrogens is 332 g/mol. The molecule has 0 amide bonds. The summed E-state index contributed by atoms with van der Waals surface area (Å²) in [6.07, 6.45) is 8.42. The molecule has 0 N–H and O–H groups in total. The van der Waals surface area contributed by atoms with Crippen molar-refractivity contribution in [2.45, 2.75) is 45.4 Å². The maximum absolute atomic E-state index is 13.0. The number of rotatable bonds is 2. The minimum Gasteiger partial charge on any atom is -0.469 e. The van der Waals surface area contributed by atoms with Crippen LogP contribution < -0.4 is 0 Å². The monoisotopic (exact) mass is 360 g/mol. The van der Waals surface area contributed by atoms with Crippen LogP contribution in [0, 0.1) is 40.4 Å². The van der Waals surface area contributed by atoms with Gasteiger partial charge in [0.2, 0.25) is 0 Å². The van der Waals surface area contributed by atoms with Gasteiger partial charge < -0.3 is 9.47 Å². The molecule has 3 fully saturated rings. The largest absolute Gasteiger partial charge is 0.469 e. The molecule has 0 aliphatic heterocycles. The summed E-state index contributed by atoms with van der Waals surface area (Å²) >= 11 is 0. The number of methoxy groups -OCH3 is 2. The molecule has 0 aromatic carbocycles. The van der Waals surface area contributed by atoms with Gasteiger partial charge in [0.1, 0.15) is 5.78 Å². The van der Waals surface area contributed by atoms with Gasteiger partial charge in [0.25, 0.3) is 0 Å². The Morgan fingerprint density at radius 1 is 1.12 bits per heavy atom. The highest BCUT2D eigenvalue weighted by Gasteiger charge is 2.71. The SMILES string of the molecule is COC(=O)[C@]12CC[C@]3(C(=O)OC)C=CCC[C@H]4C[C@H](C(=O)C[C@H]1C)[C@H]2[C@@H]43. The van der Waals surface area contributed by atoms with Gasteiger partial charge in [-0.05, 0) is 55.8 Å². The van der Waals surface area contributed by atoms with E-state index in [1.165, 1.54) is 14.2 Å². The molecule has 5 nitrogen and oxygen atoms in total. The van der Waals surface area contributed by atoms with Crippen LogP contribution in [0.25, 0.3) is 0 Å². The van der Waals surface area contributed by atoms with Crippen molar-refractivity contribution in [1.29, 1.82) is 0 Å². The Hall–Kier alpha value is -1.65. The molecule has 5 heteroatoms. The molecule has 0 aromatic heterocycles. The van der Waals surface area contributed by atoms with E-state index < -0.39 is 10.8 Å². The molecule has 0 aromatic rings. The van der Waals surface area contributed by atoms with Crippen molar-refractivity contribution < 1.29 is 23.9 Å². The van der Waals surface area contributed by atoms with Gasteiger partial charge in [0.15, 0.2) is 0 Å². The summed E-state index contributed by atoms with van der Waals surface area (Å²) in [7, 11) is 2.88. The molecule has 4 rings (SSSR count). The Morgan fingerprint density at radius 3 is 2.54 bits per heavy atom. The molecular formula is C21H28O5. The van der Waals surface area contributed by atoms with E-state index in [2.05, 4.69) is 6.08 Å². The standard InChI is InChI=1S/C21H28O5/c1-12-10-15(22)14-11-13-6-4-5-7-20(18(23)25-2)8-9-21(12,19(24)26-3)17(14)16(13)20/h5,7,12-14,16-17H,4,6,8-11H2,1-3H3/t12-,13+,14-,16-,17+,20-,21-/m1/s1. The number of ether oxygens (including phenoxy) is 2. The van der Waals surface area contributed by atoms with Crippen LogP contribution in [-0.2, 0) is 23.9 Å². The zero-order valence-corrected chi connectivity index (χ0v) is 15.8. The van der Waals surface area contributed by atoms with Crippen molar-refractivity contribution in [2.24, 2.45) is 40.4 Å².